The van der Waals surface area contributed by atoms with Crippen molar-refractivity contribution in [3.8, 4) is 11.3 Å². The number of hydrogen-bond donors (Lipinski definition) is 1. The van der Waals surface area contributed by atoms with Gasteiger partial charge in [0.1, 0.15) is 0 Å². The highest BCUT2D eigenvalue weighted by Gasteiger charge is 2.26. The van der Waals surface area contributed by atoms with Gasteiger partial charge >= 0.3 is 0 Å². The molecule has 1 atom stereocenters. The summed E-state index contributed by atoms with van der Waals surface area (Å²) >= 11 is 6.14. The maximum Gasteiger partial charge on any atom is 0.212 e. The quantitative estimate of drug-likeness (QED) is 0.620. The van der Waals surface area contributed by atoms with E-state index >= 15 is 0 Å². The second kappa shape index (κ2) is 7.33. The van der Waals surface area contributed by atoms with Gasteiger partial charge in [-0.05, 0) is 18.6 Å². The first-order valence-electron chi connectivity index (χ1n) is 6.91. The minimum atomic E-state index is -0.417. The highest BCUT2D eigenvalue weighted by Crippen LogP contribution is 2.31. The van der Waals surface area contributed by atoms with Gasteiger partial charge in [0.2, 0.25) is 5.78 Å². The van der Waals surface area contributed by atoms with Crippen LogP contribution >= 0.6 is 11.6 Å². The minimum Gasteiger partial charge on any atom is -0.384 e. The zero-order valence-corrected chi connectivity index (χ0v) is 13.2. The highest BCUT2D eigenvalue weighted by molar-refractivity contribution is 6.46. The van der Waals surface area contributed by atoms with Gasteiger partial charge in [-0.25, -0.2) is 0 Å². The number of hydrogen-bond acceptors (Lipinski definition) is 5. The Morgan fingerprint density at radius 2 is 2.18 bits per heavy atom. The highest BCUT2D eigenvalue weighted by atomic mass is 35.5. The molecular weight excluding hydrogens is 304 g/mol. The van der Waals surface area contributed by atoms with Crippen LogP contribution in [0.2, 0.25) is 5.02 Å². The monoisotopic (exact) mass is 320 g/mol. The lowest BCUT2D eigenvalue weighted by Crippen LogP contribution is -2.26. The van der Waals surface area contributed by atoms with Gasteiger partial charge < -0.3 is 14.7 Å². The number of halogens is 1. The van der Waals surface area contributed by atoms with E-state index < -0.39 is 5.78 Å². The van der Waals surface area contributed by atoms with Crippen LogP contribution in [-0.4, -0.2) is 30.4 Å². The fourth-order valence-corrected chi connectivity index (χ4v) is 2.40. The van der Waals surface area contributed by atoms with Crippen molar-refractivity contribution in [2.45, 2.75) is 13.3 Å². The maximum absolute atomic E-state index is 12.6. The average Bonchev–Trinajstić information content (AvgIpc) is 3.01. The summed E-state index contributed by atoms with van der Waals surface area (Å²) in [6, 6.07) is 7.04. The topological polar surface area (TPSA) is 76.2 Å². The van der Waals surface area contributed by atoms with E-state index in [1.165, 1.54) is 6.20 Å². The van der Waals surface area contributed by atoms with Crippen molar-refractivity contribution in [2.24, 2.45) is 5.92 Å². The van der Waals surface area contributed by atoms with Crippen molar-refractivity contribution in [3.63, 3.8) is 0 Å². The summed E-state index contributed by atoms with van der Waals surface area (Å²) in [5, 5.41) is 12.3. The normalized spacial score (nSPS) is 12.1. The number of benzene rings is 1. The summed E-state index contributed by atoms with van der Waals surface area (Å²) in [6.45, 7) is 2.24. The van der Waals surface area contributed by atoms with Crippen LogP contribution in [0.15, 0.2) is 35.0 Å². The molecule has 1 N–H and O–H groups in total. The van der Waals surface area contributed by atoms with E-state index in [0.29, 0.717) is 23.6 Å². The Morgan fingerprint density at radius 1 is 1.45 bits per heavy atom. The molecule has 5 nitrogen and oxygen atoms in total. The van der Waals surface area contributed by atoms with Crippen LogP contribution in [-0.2, 0) is 4.74 Å². The van der Waals surface area contributed by atoms with Gasteiger partial charge in [-0.2, -0.15) is 0 Å². The molecule has 0 unspecified atom stereocenters. The van der Waals surface area contributed by atoms with Crippen LogP contribution in [0.4, 0.5) is 0 Å². The number of aromatic nitrogens is 1. The SMILES string of the molecule is CC[C@H](COC)C(=N)C(=O)c1cnoc1-c1ccccc1Cl. The third-order valence-electron chi connectivity index (χ3n) is 3.45. The first-order valence-corrected chi connectivity index (χ1v) is 7.29. The van der Waals surface area contributed by atoms with Crippen molar-refractivity contribution in [2.75, 3.05) is 13.7 Å². The molecule has 6 heteroatoms. The van der Waals surface area contributed by atoms with Gasteiger partial charge in [0, 0.05) is 18.6 Å². The van der Waals surface area contributed by atoms with Crippen LogP contribution in [0.25, 0.3) is 11.3 Å². The van der Waals surface area contributed by atoms with Gasteiger partial charge in [0.05, 0.1) is 29.1 Å². The molecule has 0 radical (unpaired) electrons. The van der Waals surface area contributed by atoms with Crippen molar-refractivity contribution in [3.05, 3.63) is 41.0 Å². The number of carbonyl (C=O) groups excluding carboxylic acids is 1. The van der Waals surface area contributed by atoms with Crippen LogP contribution in [0.1, 0.15) is 23.7 Å². The van der Waals surface area contributed by atoms with E-state index in [9.17, 15) is 4.79 Å². The zero-order chi connectivity index (χ0) is 16.1. The van der Waals surface area contributed by atoms with E-state index in [4.69, 9.17) is 26.3 Å². The molecule has 0 aliphatic heterocycles. The van der Waals surface area contributed by atoms with Gasteiger partial charge in [0.15, 0.2) is 5.76 Å². The number of nitrogens with one attached hydrogen (secondary N) is 1. The maximum atomic E-state index is 12.6. The fourth-order valence-electron chi connectivity index (χ4n) is 2.18. The van der Waals surface area contributed by atoms with E-state index in [1.54, 1.807) is 31.4 Å². The Kier molecular flexibility index (Phi) is 5.46. The Hall–Kier alpha value is -1.98. The molecule has 0 spiro atoms. The first kappa shape index (κ1) is 16.4. The number of rotatable bonds is 7. The molecule has 0 bridgehead atoms. The van der Waals surface area contributed by atoms with Gasteiger partial charge in [0.25, 0.3) is 0 Å². The standard InChI is InChI=1S/C16H17ClN2O3/c1-3-10(9-21-2)14(18)15(20)12-8-19-22-16(12)11-6-4-5-7-13(11)17/h4-8,10,18H,3,9H2,1-2H3/t10-/m1/s1. The first-order chi connectivity index (χ1) is 10.6. The third-order valence-corrected chi connectivity index (χ3v) is 3.78. The van der Waals surface area contributed by atoms with Crippen molar-refractivity contribution < 1.29 is 14.1 Å². The van der Waals surface area contributed by atoms with E-state index in [2.05, 4.69) is 5.16 Å². The molecule has 22 heavy (non-hydrogen) atoms. The number of ketones is 1. The third kappa shape index (κ3) is 3.26. The van der Waals surface area contributed by atoms with Crippen LogP contribution in [0.3, 0.4) is 0 Å². The molecule has 0 fully saturated rings. The summed E-state index contributed by atoms with van der Waals surface area (Å²) < 4.78 is 10.3. The van der Waals surface area contributed by atoms with Crippen molar-refractivity contribution >= 4 is 23.1 Å². The summed E-state index contributed by atoms with van der Waals surface area (Å²) in [6.07, 6.45) is 1.97. The fraction of sp³-hybridized carbons (Fsp3) is 0.312. The lowest BCUT2D eigenvalue weighted by Gasteiger charge is -2.13. The number of carbonyl (C=O) groups is 1. The summed E-state index contributed by atoms with van der Waals surface area (Å²) in [5.74, 6) is -0.390. The van der Waals surface area contributed by atoms with Crippen LogP contribution in [0, 0.1) is 11.3 Å². The molecule has 2 aromatic rings. The largest absolute Gasteiger partial charge is 0.384 e. The Bertz CT molecular complexity index is 682. The predicted molar refractivity (Wildman–Crippen MR) is 84.7 cm³/mol. The Morgan fingerprint density at radius 3 is 2.82 bits per heavy atom. The molecule has 1 aromatic carbocycles. The minimum absolute atomic E-state index is 0.0131. The van der Waals surface area contributed by atoms with E-state index in [0.717, 1.165) is 0 Å². The molecule has 0 amide bonds. The lowest BCUT2D eigenvalue weighted by atomic mass is 9.93. The number of methoxy groups -OCH3 is 1. The molecule has 0 aliphatic carbocycles. The lowest BCUT2D eigenvalue weighted by molar-refractivity contribution is 0.104. The van der Waals surface area contributed by atoms with Crippen molar-refractivity contribution in [1.82, 2.24) is 5.16 Å². The number of ether oxygens (including phenoxy) is 1. The molecule has 2 rings (SSSR count). The molecule has 0 saturated heterocycles. The zero-order valence-electron chi connectivity index (χ0n) is 12.4. The molecule has 116 valence electrons. The van der Waals surface area contributed by atoms with Gasteiger partial charge in [-0.3, -0.25) is 4.79 Å². The van der Waals surface area contributed by atoms with E-state index in [1.807, 2.05) is 6.92 Å². The smallest absolute Gasteiger partial charge is 0.212 e. The van der Waals surface area contributed by atoms with Gasteiger partial charge in [-0.15, -0.1) is 0 Å². The number of nitrogens with zero attached hydrogens (tertiary/aromatic N) is 1. The Labute approximate surface area is 133 Å². The summed E-state index contributed by atoms with van der Waals surface area (Å²) in [4.78, 5) is 12.6. The average molecular weight is 321 g/mol. The molecule has 0 saturated carbocycles. The molecule has 0 aliphatic rings. The van der Waals surface area contributed by atoms with Crippen molar-refractivity contribution in [1.29, 1.82) is 5.41 Å². The van der Waals surface area contributed by atoms with Gasteiger partial charge in [-0.1, -0.05) is 35.8 Å². The molecule has 1 heterocycles. The predicted octanol–water partition coefficient (Wildman–Crippen LogP) is 3.87. The molecular formula is C16H17ClN2O3. The number of Topliss-reactive ketones (excluding diaryl/α,β-unsaturated/α-hetero) is 1. The van der Waals surface area contributed by atoms with E-state index in [-0.39, 0.29) is 23.0 Å². The van der Waals surface area contributed by atoms with Crippen LogP contribution < -0.4 is 0 Å². The second-order valence-corrected chi connectivity index (χ2v) is 5.26. The van der Waals surface area contributed by atoms with Crippen LogP contribution in [0.5, 0.6) is 0 Å². The second-order valence-electron chi connectivity index (χ2n) is 4.85. The summed E-state index contributed by atoms with van der Waals surface area (Å²) in [5.41, 5.74) is 0.811. The summed E-state index contributed by atoms with van der Waals surface area (Å²) in [7, 11) is 1.55. The molecule has 1 aromatic heterocycles. The Balaban J connectivity index is 2.35.